The summed E-state index contributed by atoms with van der Waals surface area (Å²) in [5.74, 6) is 2.66. The van der Waals surface area contributed by atoms with Crippen molar-refractivity contribution in [2.45, 2.75) is 13.8 Å². The molecule has 0 aliphatic carbocycles. The summed E-state index contributed by atoms with van der Waals surface area (Å²) in [6.07, 6.45) is 3.56. The van der Waals surface area contributed by atoms with Gasteiger partial charge in [-0.2, -0.15) is 5.10 Å². The number of thiophene rings is 1. The van der Waals surface area contributed by atoms with E-state index in [-0.39, 0.29) is 0 Å². The molecule has 4 aromatic heterocycles. The van der Waals surface area contributed by atoms with Crippen LogP contribution in [0.1, 0.15) is 10.6 Å². The van der Waals surface area contributed by atoms with Gasteiger partial charge in [0.25, 0.3) is 0 Å². The maximum absolute atomic E-state index is 4.55. The van der Waals surface area contributed by atoms with Crippen LogP contribution in [0.4, 0.5) is 11.6 Å². The SMILES string of the molecule is Cc1ccn(-c2ccc(N3CCN(c4ncnc5sc(C)cc45)CC3)nn2)n1. The molecule has 9 heteroatoms. The lowest BCUT2D eigenvalue weighted by Gasteiger charge is -2.36. The van der Waals surface area contributed by atoms with Crippen molar-refractivity contribution >= 4 is 33.2 Å². The summed E-state index contributed by atoms with van der Waals surface area (Å²) in [6.45, 7) is 7.61. The molecule has 0 atom stereocenters. The lowest BCUT2D eigenvalue weighted by Crippen LogP contribution is -2.47. The molecule has 8 nitrogen and oxygen atoms in total. The van der Waals surface area contributed by atoms with E-state index >= 15 is 0 Å². The average molecular weight is 392 g/mol. The zero-order chi connectivity index (χ0) is 19.1. The van der Waals surface area contributed by atoms with Crippen LogP contribution < -0.4 is 9.80 Å². The molecule has 0 saturated carbocycles. The standard InChI is InChI=1S/C19H20N8S/c1-13-5-6-27(24-13)17-4-3-16(22-23-17)25-7-9-26(10-8-25)18-15-11-14(2)28-19(15)21-12-20-18/h3-6,11-12H,7-10H2,1-2H3. The Balaban J connectivity index is 1.30. The zero-order valence-corrected chi connectivity index (χ0v) is 16.6. The highest BCUT2D eigenvalue weighted by atomic mass is 32.1. The molecule has 28 heavy (non-hydrogen) atoms. The first-order valence-corrected chi connectivity index (χ1v) is 10.1. The van der Waals surface area contributed by atoms with Crippen LogP contribution in [0.3, 0.4) is 0 Å². The first-order valence-electron chi connectivity index (χ1n) is 9.25. The van der Waals surface area contributed by atoms with Crippen molar-refractivity contribution in [3.63, 3.8) is 0 Å². The second kappa shape index (κ2) is 6.83. The van der Waals surface area contributed by atoms with E-state index in [0.717, 1.165) is 59.5 Å². The van der Waals surface area contributed by atoms with Gasteiger partial charge in [-0.25, -0.2) is 14.6 Å². The van der Waals surface area contributed by atoms with Crippen molar-refractivity contribution in [2.24, 2.45) is 0 Å². The van der Waals surface area contributed by atoms with Gasteiger partial charge in [0.05, 0.1) is 11.1 Å². The van der Waals surface area contributed by atoms with Crippen LogP contribution in [0.2, 0.25) is 0 Å². The molecule has 142 valence electrons. The third-order valence-corrected chi connectivity index (χ3v) is 5.89. The van der Waals surface area contributed by atoms with Crippen LogP contribution in [0.5, 0.6) is 0 Å². The number of rotatable bonds is 3. The van der Waals surface area contributed by atoms with Crippen molar-refractivity contribution in [2.75, 3.05) is 36.0 Å². The summed E-state index contributed by atoms with van der Waals surface area (Å²) in [4.78, 5) is 15.9. The molecule has 0 spiro atoms. The van der Waals surface area contributed by atoms with Crippen LogP contribution in [-0.2, 0) is 0 Å². The van der Waals surface area contributed by atoms with Gasteiger partial charge in [-0.3, -0.25) is 0 Å². The average Bonchev–Trinajstić information content (AvgIpc) is 3.33. The Morgan fingerprint density at radius 2 is 1.64 bits per heavy atom. The van der Waals surface area contributed by atoms with Crippen LogP contribution in [0.15, 0.2) is 36.8 Å². The lowest BCUT2D eigenvalue weighted by molar-refractivity contribution is 0.638. The van der Waals surface area contributed by atoms with Gasteiger partial charge in [0.15, 0.2) is 11.6 Å². The first-order chi connectivity index (χ1) is 13.7. The Kier molecular flexibility index (Phi) is 4.16. The highest BCUT2D eigenvalue weighted by Gasteiger charge is 2.21. The molecule has 5 heterocycles. The van der Waals surface area contributed by atoms with E-state index in [1.807, 2.05) is 31.3 Å². The Morgan fingerprint density at radius 1 is 0.893 bits per heavy atom. The van der Waals surface area contributed by atoms with E-state index < -0.39 is 0 Å². The quantitative estimate of drug-likeness (QED) is 0.530. The Hall–Kier alpha value is -3.07. The van der Waals surface area contributed by atoms with E-state index in [0.29, 0.717) is 0 Å². The molecule has 1 saturated heterocycles. The molecular formula is C19H20N8S. The lowest BCUT2D eigenvalue weighted by atomic mass is 10.2. The van der Waals surface area contributed by atoms with Crippen molar-refractivity contribution in [1.82, 2.24) is 29.9 Å². The fourth-order valence-electron chi connectivity index (χ4n) is 3.51. The third kappa shape index (κ3) is 3.07. The second-order valence-electron chi connectivity index (χ2n) is 6.90. The molecule has 5 rings (SSSR count). The number of fused-ring (bicyclic) bond motifs is 1. The molecule has 0 N–H and O–H groups in total. The van der Waals surface area contributed by atoms with Gasteiger partial charge in [-0.05, 0) is 38.1 Å². The normalized spacial score (nSPS) is 14.8. The summed E-state index contributed by atoms with van der Waals surface area (Å²) in [6, 6.07) is 8.11. The Bertz CT molecular complexity index is 1110. The highest BCUT2D eigenvalue weighted by molar-refractivity contribution is 7.18. The van der Waals surface area contributed by atoms with Crippen LogP contribution in [0, 0.1) is 13.8 Å². The minimum absolute atomic E-state index is 0.728. The number of hydrogen-bond acceptors (Lipinski definition) is 8. The van der Waals surface area contributed by atoms with Crippen LogP contribution in [-0.4, -0.2) is 56.1 Å². The van der Waals surface area contributed by atoms with E-state index in [1.165, 1.54) is 4.88 Å². The Labute approximate surface area is 166 Å². The predicted molar refractivity (Wildman–Crippen MR) is 110 cm³/mol. The van der Waals surface area contributed by atoms with Gasteiger partial charge in [0.2, 0.25) is 0 Å². The molecule has 1 aliphatic heterocycles. The molecule has 0 radical (unpaired) electrons. The number of anilines is 2. The smallest absolute Gasteiger partial charge is 0.175 e. The fraction of sp³-hybridized carbons (Fsp3) is 0.316. The minimum atomic E-state index is 0.728. The summed E-state index contributed by atoms with van der Waals surface area (Å²) >= 11 is 1.72. The van der Waals surface area contributed by atoms with Gasteiger partial charge in [0.1, 0.15) is 17.0 Å². The van der Waals surface area contributed by atoms with Gasteiger partial charge in [-0.1, -0.05) is 0 Å². The summed E-state index contributed by atoms with van der Waals surface area (Å²) in [5.41, 5.74) is 0.960. The van der Waals surface area contributed by atoms with Crippen molar-refractivity contribution in [3.8, 4) is 5.82 Å². The topological polar surface area (TPSA) is 75.9 Å². The molecule has 1 aliphatic rings. The number of piperazine rings is 1. The summed E-state index contributed by atoms with van der Waals surface area (Å²) in [5, 5.41) is 14.3. The number of nitrogens with zero attached hydrogens (tertiary/aromatic N) is 8. The number of hydrogen-bond donors (Lipinski definition) is 0. The molecule has 0 unspecified atom stereocenters. The van der Waals surface area contributed by atoms with Crippen molar-refractivity contribution in [1.29, 1.82) is 0 Å². The third-order valence-electron chi connectivity index (χ3n) is 4.93. The largest absolute Gasteiger partial charge is 0.352 e. The minimum Gasteiger partial charge on any atom is -0.352 e. The van der Waals surface area contributed by atoms with Crippen molar-refractivity contribution in [3.05, 3.63) is 47.4 Å². The molecular weight excluding hydrogens is 372 g/mol. The zero-order valence-electron chi connectivity index (χ0n) is 15.8. The van der Waals surface area contributed by atoms with E-state index in [9.17, 15) is 0 Å². The Morgan fingerprint density at radius 3 is 2.36 bits per heavy atom. The van der Waals surface area contributed by atoms with E-state index in [1.54, 1.807) is 22.3 Å². The summed E-state index contributed by atoms with van der Waals surface area (Å²) < 4.78 is 1.74. The molecule has 4 aromatic rings. The van der Waals surface area contributed by atoms with Gasteiger partial charge in [0, 0.05) is 37.3 Å². The number of aromatic nitrogens is 6. The van der Waals surface area contributed by atoms with E-state index in [4.69, 9.17) is 0 Å². The molecule has 1 fully saturated rings. The van der Waals surface area contributed by atoms with Gasteiger partial charge < -0.3 is 9.80 Å². The van der Waals surface area contributed by atoms with Crippen molar-refractivity contribution < 1.29 is 0 Å². The molecule has 0 aromatic carbocycles. The number of aryl methyl sites for hydroxylation is 2. The maximum atomic E-state index is 4.55. The first kappa shape index (κ1) is 17.1. The highest BCUT2D eigenvalue weighted by Crippen LogP contribution is 2.30. The van der Waals surface area contributed by atoms with Crippen LogP contribution >= 0.6 is 11.3 Å². The fourth-order valence-corrected chi connectivity index (χ4v) is 4.36. The summed E-state index contributed by atoms with van der Waals surface area (Å²) in [7, 11) is 0. The second-order valence-corrected chi connectivity index (χ2v) is 8.13. The molecule has 0 amide bonds. The van der Waals surface area contributed by atoms with Crippen LogP contribution in [0.25, 0.3) is 16.0 Å². The van der Waals surface area contributed by atoms with Gasteiger partial charge >= 0.3 is 0 Å². The maximum Gasteiger partial charge on any atom is 0.175 e. The predicted octanol–water partition coefficient (Wildman–Crippen LogP) is 2.61. The monoisotopic (exact) mass is 392 g/mol. The van der Waals surface area contributed by atoms with Gasteiger partial charge in [-0.15, -0.1) is 21.5 Å². The van der Waals surface area contributed by atoms with E-state index in [2.05, 4.69) is 48.1 Å². The molecule has 0 bridgehead atoms.